The molecule has 0 spiro atoms. The summed E-state index contributed by atoms with van der Waals surface area (Å²) >= 11 is 8.03. The van der Waals surface area contributed by atoms with Crippen molar-refractivity contribution in [2.75, 3.05) is 10.2 Å². The van der Waals surface area contributed by atoms with E-state index in [0.29, 0.717) is 26.2 Å². The van der Waals surface area contributed by atoms with Gasteiger partial charge in [-0.3, -0.25) is 23.7 Å². The fourth-order valence-corrected chi connectivity index (χ4v) is 8.13. The van der Waals surface area contributed by atoms with Gasteiger partial charge in [0.1, 0.15) is 11.8 Å². The number of anilines is 2. The lowest BCUT2D eigenvalue weighted by molar-refractivity contribution is -0.137. The lowest BCUT2D eigenvalue weighted by Gasteiger charge is -2.30. The first kappa shape index (κ1) is 28.3. The molecule has 2 aliphatic heterocycles. The van der Waals surface area contributed by atoms with Crippen LogP contribution in [-0.2, 0) is 27.1 Å². The highest BCUT2D eigenvalue weighted by atomic mass is 35.5. The van der Waals surface area contributed by atoms with Crippen molar-refractivity contribution < 1.29 is 27.6 Å². The van der Waals surface area contributed by atoms with Gasteiger partial charge in [-0.15, -0.1) is 0 Å². The molecule has 6 rings (SSSR count). The predicted molar refractivity (Wildman–Crippen MR) is 154 cm³/mol. The number of hydrogen-bond donors (Lipinski definition) is 1. The second kappa shape index (κ2) is 10.8. The molecule has 3 heterocycles. The second-order valence-corrected chi connectivity index (χ2v) is 12.3. The zero-order valence-corrected chi connectivity index (χ0v) is 23.7. The van der Waals surface area contributed by atoms with Crippen LogP contribution in [0.3, 0.4) is 0 Å². The van der Waals surface area contributed by atoms with E-state index in [1.54, 1.807) is 54.6 Å². The number of alkyl halides is 3. The smallest absolute Gasteiger partial charge is 0.325 e. The fraction of sp³-hybridized carbons (Fsp3) is 0.172. The maximum atomic E-state index is 13.8. The molecule has 1 N–H and O–H groups in total. The molecule has 3 atom stereocenters. The average molecular weight is 630 g/mol. The Morgan fingerprint density at radius 3 is 2.33 bits per heavy atom. The highest BCUT2D eigenvalue weighted by molar-refractivity contribution is 8.00. The molecule has 1 fully saturated rings. The lowest BCUT2D eigenvalue weighted by atomic mass is 9.83. The van der Waals surface area contributed by atoms with Crippen LogP contribution < -0.4 is 15.1 Å². The van der Waals surface area contributed by atoms with Gasteiger partial charge in [0.15, 0.2) is 0 Å². The van der Waals surface area contributed by atoms with Crippen molar-refractivity contribution in [3.8, 4) is 0 Å². The van der Waals surface area contributed by atoms with Gasteiger partial charge in [-0.05, 0) is 48.0 Å². The molecule has 1 aromatic heterocycles. The van der Waals surface area contributed by atoms with Crippen molar-refractivity contribution in [1.82, 2.24) is 4.57 Å². The highest BCUT2D eigenvalue weighted by Crippen LogP contribution is 2.54. The summed E-state index contributed by atoms with van der Waals surface area (Å²) in [5, 5.41) is 2.37. The summed E-state index contributed by atoms with van der Waals surface area (Å²) in [6.45, 7) is -0.497. The lowest BCUT2D eigenvalue weighted by Crippen LogP contribution is -2.33. The van der Waals surface area contributed by atoms with Crippen LogP contribution >= 0.6 is 34.7 Å². The number of hydrogen-bond acceptors (Lipinski definition) is 6. The Bertz CT molecular complexity index is 1770. The number of fused-ring (bicyclic) bond motifs is 2. The van der Waals surface area contributed by atoms with Crippen LogP contribution in [0.2, 0.25) is 5.02 Å². The van der Waals surface area contributed by atoms with Crippen molar-refractivity contribution in [2.24, 2.45) is 5.92 Å². The molecule has 1 saturated heterocycles. The van der Waals surface area contributed by atoms with Crippen molar-refractivity contribution in [2.45, 2.75) is 28.9 Å². The van der Waals surface area contributed by atoms with Gasteiger partial charge in [-0.25, -0.2) is 4.90 Å². The van der Waals surface area contributed by atoms with Gasteiger partial charge < -0.3 is 5.32 Å². The highest BCUT2D eigenvalue weighted by Gasteiger charge is 2.56. The zero-order chi connectivity index (χ0) is 29.8. The van der Waals surface area contributed by atoms with Crippen molar-refractivity contribution >= 4 is 63.8 Å². The second-order valence-electron chi connectivity index (χ2n) is 9.69. The Morgan fingerprint density at radius 2 is 1.64 bits per heavy atom. The van der Waals surface area contributed by atoms with E-state index in [0.717, 1.165) is 40.1 Å². The molecular formula is C29H19ClF3N3O4S2. The summed E-state index contributed by atoms with van der Waals surface area (Å²) in [6.07, 6.45) is -4.59. The van der Waals surface area contributed by atoms with E-state index in [1.807, 2.05) is 0 Å². The number of carbonyl (C=O) groups excluding carboxylic acids is 3. The number of halogens is 4. The molecule has 0 radical (unpaired) electrons. The minimum Gasteiger partial charge on any atom is -0.325 e. The quantitative estimate of drug-likeness (QED) is 0.273. The van der Waals surface area contributed by atoms with Gasteiger partial charge >= 0.3 is 11.0 Å². The van der Waals surface area contributed by atoms with E-state index in [2.05, 4.69) is 5.32 Å². The monoisotopic (exact) mass is 629 g/mol. The Balaban J connectivity index is 1.37. The molecule has 2 aliphatic rings. The molecule has 0 aliphatic carbocycles. The topological polar surface area (TPSA) is 88.5 Å². The van der Waals surface area contributed by atoms with Crippen LogP contribution in [0.15, 0.2) is 88.7 Å². The summed E-state index contributed by atoms with van der Waals surface area (Å²) in [7, 11) is 0. The van der Waals surface area contributed by atoms with Crippen molar-refractivity contribution in [3.63, 3.8) is 0 Å². The minimum absolute atomic E-state index is 0.0752. The SMILES string of the molecule is O=C(Cn1c2c(sc1=O)[C@@H](c1ccc(Cl)cc1)[C@@H]1C(=O)N(c3ccccc3)C(=O)[C@@H]1S2)Nc1cccc(C(F)(F)F)c1. The van der Waals surface area contributed by atoms with Crippen LogP contribution in [0.1, 0.15) is 21.9 Å². The summed E-state index contributed by atoms with van der Waals surface area (Å²) in [4.78, 5) is 54.9. The van der Waals surface area contributed by atoms with Crippen LogP contribution in [0.4, 0.5) is 24.5 Å². The number of carbonyl (C=O) groups is 3. The normalized spacial score (nSPS) is 19.9. The van der Waals surface area contributed by atoms with Gasteiger partial charge in [0.25, 0.3) is 0 Å². The van der Waals surface area contributed by atoms with E-state index < -0.39 is 58.0 Å². The zero-order valence-electron chi connectivity index (χ0n) is 21.3. The number of amides is 3. The number of nitrogens with one attached hydrogen (secondary N) is 1. The largest absolute Gasteiger partial charge is 0.416 e. The third-order valence-electron chi connectivity index (χ3n) is 7.07. The Hall–Kier alpha value is -3.87. The first-order valence-electron chi connectivity index (χ1n) is 12.6. The van der Waals surface area contributed by atoms with Crippen LogP contribution in [0, 0.1) is 5.92 Å². The molecule has 0 unspecified atom stereocenters. The number of thiazole rings is 1. The van der Waals surface area contributed by atoms with Gasteiger partial charge in [-0.2, -0.15) is 13.2 Å². The van der Waals surface area contributed by atoms with Gasteiger partial charge in [-0.1, -0.05) is 71.1 Å². The molecule has 0 saturated carbocycles. The summed E-state index contributed by atoms with van der Waals surface area (Å²) in [5.74, 6) is -3.04. The van der Waals surface area contributed by atoms with Crippen LogP contribution in [0.5, 0.6) is 0 Å². The van der Waals surface area contributed by atoms with E-state index in [1.165, 1.54) is 16.7 Å². The maximum Gasteiger partial charge on any atom is 0.416 e. The third kappa shape index (κ3) is 5.03. The molecule has 7 nitrogen and oxygen atoms in total. The number of benzene rings is 3. The third-order valence-corrected chi connectivity index (χ3v) is 9.92. The molecule has 214 valence electrons. The van der Waals surface area contributed by atoms with Crippen molar-refractivity contribution in [1.29, 1.82) is 0 Å². The Kier molecular flexibility index (Phi) is 7.24. The number of rotatable bonds is 5. The van der Waals surface area contributed by atoms with Gasteiger partial charge in [0, 0.05) is 21.5 Å². The van der Waals surface area contributed by atoms with Crippen molar-refractivity contribution in [3.05, 3.63) is 110 Å². The molecule has 13 heteroatoms. The van der Waals surface area contributed by atoms with E-state index in [4.69, 9.17) is 11.6 Å². The number of nitrogens with zero attached hydrogens (tertiary/aromatic N) is 2. The average Bonchev–Trinajstić information content (AvgIpc) is 3.40. The molecule has 3 aromatic carbocycles. The van der Waals surface area contributed by atoms with E-state index >= 15 is 0 Å². The summed E-state index contributed by atoms with van der Waals surface area (Å²) in [5.41, 5.74) is 0.103. The number of imide groups is 1. The predicted octanol–water partition coefficient (Wildman–Crippen LogP) is 6.02. The molecular weight excluding hydrogens is 611 g/mol. The molecule has 3 amide bonds. The number of aromatic nitrogens is 1. The van der Waals surface area contributed by atoms with Gasteiger partial charge in [0.05, 0.1) is 22.2 Å². The first-order valence-corrected chi connectivity index (χ1v) is 14.7. The number of thioether (sulfide) groups is 1. The maximum absolute atomic E-state index is 13.8. The standard InChI is InChI=1S/C29H19ClF3N3O4S2/c30-17-11-9-15(10-12-17)21-22-23(26(39)36(25(22)38)19-7-2-1-3-8-19)41-27-24(21)42-28(40)35(27)14-20(37)34-18-6-4-5-16(13-18)29(31,32)33/h1-13,21-23H,14H2,(H,34,37)/t21-,22-,23+/m0/s1. The van der Waals surface area contributed by atoms with Gasteiger partial charge in [0.2, 0.25) is 17.7 Å². The number of para-hydroxylation sites is 1. The summed E-state index contributed by atoms with van der Waals surface area (Å²) in [6, 6.07) is 19.5. The minimum atomic E-state index is -4.59. The van der Waals surface area contributed by atoms with E-state index in [-0.39, 0.29) is 5.69 Å². The Morgan fingerprint density at radius 1 is 0.929 bits per heavy atom. The molecule has 4 aromatic rings. The summed E-state index contributed by atoms with van der Waals surface area (Å²) < 4.78 is 40.6. The molecule has 42 heavy (non-hydrogen) atoms. The molecule has 0 bridgehead atoms. The fourth-order valence-electron chi connectivity index (χ4n) is 5.23. The van der Waals surface area contributed by atoms with E-state index in [9.17, 15) is 32.3 Å². The Labute approximate surface area is 249 Å². The first-order chi connectivity index (χ1) is 20.0. The van der Waals surface area contributed by atoms with Crippen LogP contribution in [0.25, 0.3) is 0 Å². The van der Waals surface area contributed by atoms with Crippen LogP contribution in [-0.4, -0.2) is 27.5 Å².